The Bertz CT molecular complexity index is 327. The molecule has 1 fully saturated rings. The van der Waals surface area contributed by atoms with Crippen LogP contribution in [0.4, 0.5) is 5.69 Å². The molecule has 0 bridgehead atoms. The van der Waals surface area contributed by atoms with E-state index in [2.05, 4.69) is 36.1 Å². The minimum Gasteiger partial charge on any atom is -0.369 e. The maximum absolute atomic E-state index is 5.43. The summed E-state index contributed by atoms with van der Waals surface area (Å²) >= 11 is 0. The number of nitrogens with two attached hydrogens (primary N) is 1. The molecule has 2 rings (SSSR count). The van der Waals surface area contributed by atoms with E-state index in [9.17, 15) is 0 Å². The van der Waals surface area contributed by atoms with E-state index >= 15 is 0 Å². The highest BCUT2D eigenvalue weighted by Gasteiger charge is 2.23. The van der Waals surface area contributed by atoms with Gasteiger partial charge in [0.2, 0.25) is 0 Å². The van der Waals surface area contributed by atoms with Gasteiger partial charge in [0.15, 0.2) is 0 Å². The molecule has 0 spiro atoms. The van der Waals surface area contributed by atoms with Gasteiger partial charge in [-0.25, -0.2) is 0 Å². The van der Waals surface area contributed by atoms with Crippen LogP contribution in [0, 0.1) is 6.92 Å². The van der Waals surface area contributed by atoms with Crippen LogP contribution in [-0.4, -0.2) is 25.9 Å². The summed E-state index contributed by atoms with van der Waals surface area (Å²) in [7, 11) is 0. The molecular weight excluding hydrogens is 188 g/mol. The largest absolute Gasteiger partial charge is 0.369 e. The number of hydrogen-bond acceptors (Lipinski definition) is 3. The van der Waals surface area contributed by atoms with Crippen LogP contribution in [0.15, 0.2) is 24.3 Å². The summed E-state index contributed by atoms with van der Waals surface area (Å²) in [6.07, 6.45) is 1.38. The van der Waals surface area contributed by atoms with Crippen LogP contribution in [0.3, 0.4) is 0 Å². The SMILES string of the molecule is Cc1ccccc1N1CCC(OCN)C1. The van der Waals surface area contributed by atoms with Gasteiger partial charge in [-0.15, -0.1) is 0 Å². The lowest BCUT2D eigenvalue weighted by Gasteiger charge is -2.20. The highest BCUT2D eigenvalue weighted by molar-refractivity contribution is 5.53. The zero-order valence-corrected chi connectivity index (χ0v) is 9.15. The van der Waals surface area contributed by atoms with Crippen LogP contribution in [0.2, 0.25) is 0 Å². The van der Waals surface area contributed by atoms with E-state index in [1.807, 2.05) is 0 Å². The number of aryl methyl sites for hydroxylation is 1. The summed E-state index contributed by atoms with van der Waals surface area (Å²) in [4.78, 5) is 2.37. The van der Waals surface area contributed by atoms with Crippen molar-refractivity contribution >= 4 is 5.69 Å². The van der Waals surface area contributed by atoms with Crippen molar-refractivity contribution in [2.75, 3.05) is 24.7 Å². The Kier molecular flexibility index (Phi) is 3.23. The molecule has 15 heavy (non-hydrogen) atoms. The monoisotopic (exact) mass is 206 g/mol. The number of hydrogen-bond donors (Lipinski definition) is 1. The number of benzene rings is 1. The quantitative estimate of drug-likeness (QED) is 0.762. The second-order valence-electron chi connectivity index (χ2n) is 3.98. The lowest BCUT2D eigenvalue weighted by Crippen LogP contribution is -2.24. The van der Waals surface area contributed by atoms with Crippen LogP contribution in [0.1, 0.15) is 12.0 Å². The van der Waals surface area contributed by atoms with Crippen LogP contribution in [0.25, 0.3) is 0 Å². The Hall–Kier alpha value is -1.06. The Morgan fingerprint density at radius 2 is 2.27 bits per heavy atom. The zero-order chi connectivity index (χ0) is 10.7. The fourth-order valence-electron chi connectivity index (χ4n) is 2.14. The van der Waals surface area contributed by atoms with Crippen molar-refractivity contribution in [3.63, 3.8) is 0 Å². The van der Waals surface area contributed by atoms with Gasteiger partial charge in [0.1, 0.15) is 0 Å². The number of nitrogens with zero attached hydrogens (tertiary/aromatic N) is 1. The maximum atomic E-state index is 5.43. The summed E-state index contributed by atoms with van der Waals surface area (Å²) in [5, 5.41) is 0. The van der Waals surface area contributed by atoms with Crippen molar-refractivity contribution in [2.45, 2.75) is 19.4 Å². The third-order valence-corrected chi connectivity index (χ3v) is 2.93. The minimum atomic E-state index is 0.301. The summed E-state index contributed by atoms with van der Waals surface area (Å²) in [5.41, 5.74) is 8.03. The highest BCUT2D eigenvalue weighted by Crippen LogP contribution is 2.24. The molecule has 0 saturated carbocycles. The molecule has 2 N–H and O–H groups in total. The molecule has 1 heterocycles. The van der Waals surface area contributed by atoms with E-state index in [0.29, 0.717) is 12.8 Å². The third kappa shape index (κ3) is 2.30. The van der Waals surface area contributed by atoms with Crippen LogP contribution >= 0.6 is 0 Å². The van der Waals surface area contributed by atoms with Crippen molar-refractivity contribution in [1.82, 2.24) is 0 Å². The van der Waals surface area contributed by atoms with Gasteiger partial charge < -0.3 is 15.4 Å². The molecule has 1 aliphatic rings. The van der Waals surface area contributed by atoms with Gasteiger partial charge in [-0.1, -0.05) is 18.2 Å². The van der Waals surface area contributed by atoms with E-state index in [1.165, 1.54) is 11.3 Å². The first-order chi connectivity index (χ1) is 7.31. The van der Waals surface area contributed by atoms with Crippen LogP contribution < -0.4 is 10.6 Å². The Morgan fingerprint density at radius 3 is 3.00 bits per heavy atom. The molecule has 1 atom stereocenters. The molecule has 1 aliphatic heterocycles. The summed E-state index contributed by atoms with van der Waals surface area (Å²) in [6.45, 7) is 4.50. The maximum Gasteiger partial charge on any atom is 0.0944 e. The Morgan fingerprint density at radius 1 is 1.47 bits per heavy atom. The highest BCUT2D eigenvalue weighted by atomic mass is 16.5. The number of ether oxygens (including phenoxy) is 1. The fraction of sp³-hybridized carbons (Fsp3) is 0.500. The predicted molar refractivity (Wildman–Crippen MR) is 61.9 cm³/mol. The van der Waals surface area contributed by atoms with Crippen molar-refractivity contribution in [3.05, 3.63) is 29.8 Å². The lowest BCUT2D eigenvalue weighted by atomic mass is 10.2. The normalized spacial score (nSPS) is 20.9. The number of rotatable bonds is 3. The smallest absolute Gasteiger partial charge is 0.0944 e. The van der Waals surface area contributed by atoms with Gasteiger partial charge in [0.25, 0.3) is 0 Å². The van der Waals surface area contributed by atoms with Crippen molar-refractivity contribution in [2.24, 2.45) is 5.73 Å². The van der Waals surface area contributed by atoms with Gasteiger partial charge in [-0.2, -0.15) is 0 Å². The molecule has 3 nitrogen and oxygen atoms in total. The average Bonchev–Trinajstić information content (AvgIpc) is 2.68. The first-order valence-electron chi connectivity index (χ1n) is 5.43. The molecule has 0 radical (unpaired) electrons. The van der Waals surface area contributed by atoms with E-state index in [1.54, 1.807) is 0 Å². The number of para-hydroxylation sites is 1. The molecule has 1 saturated heterocycles. The zero-order valence-electron chi connectivity index (χ0n) is 9.15. The Balaban J connectivity index is 2.04. The summed E-state index contributed by atoms with van der Waals surface area (Å²) in [5.74, 6) is 0. The molecule has 3 heteroatoms. The van der Waals surface area contributed by atoms with Gasteiger partial charge in [-0.3, -0.25) is 0 Å². The molecular formula is C12H18N2O. The molecule has 1 aromatic carbocycles. The van der Waals surface area contributed by atoms with Gasteiger partial charge in [0.05, 0.1) is 12.8 Å². The van der Waals surface area contributed by atoms with Crippen molar-refractivity contribution in [1.29, 1.82) is 0 Å². The summed E-state index contributed by atoms with van der Waals surface area (Å²) < 4.78 is 5.43. The second-order valence-corrected chi connectivity index (χ2v) is 3.98. The molecule has 0 aliphatic carbocycles. The van der Waals surface area contributed by atoms with E-state index < -0.39 is 0 Å². The standard InChI is InChI=1S/C12H18N2O/c1-10-4-2-3-5-12(10)14-7-6-11(8-14)15-9-13/h2-5,11H,6-9,13H2,1H3. The van der Waals surface area contributed by atoms with Crippen molar-refractivity contribution < 1.29 is 4.74 Å². The van der Waals surface area contributed by atoms with Gasteiger partial charge >= 0.3 is 0 Å². The van der Waals surface area contributed by atoms with E-state index in [0.717, 1.165) is 19.5 Å². The number of anilines is 1. The lowest BCUT2D eigenvalue weighted by molar-refractivity contribution is 0.0734. The fourth-order valence-corrected chi connectivity index (χ4v) is 2.14. The third-order valence-electron chi connectivity index (χ3n) is 2.93. The van der Waals surface area contributed by atoms with E-state index in [4.69, 9.17) is 10.5 Å². The molecule has 1 aromatic rings. The van der Waals surface area contributed by atoms with Crippen LogP contribution in [0.5, 0.6) is 0 Å². The minimum absolute atomic E-state index is 0.301. The second kappa shape index (κ2) is 4.64. The van der Waals surface area contributed by atoms with Gasteiger partial charge in [-0.05, 0) is 25.0 Å². The van der Waals surface area contributed by atoms with E-state index in [-0.39, 0.29) is 0 Å². The van der Waals surface area contributed by atoms with Gasteiger partial charge in [0, 0.05) is 18.8 Å². The predicted octanol–water partition coefficient (Wildman–Crippen LogP) is 1.51. The van der Waals surface area contributed by atoms with Crippen LogP contribution in [-0.2, 0) is 4.74 Å². The summed E-state index contributed by atoms with van der Waals surface area (Å²) in [6, 6.07) is 8.47. The average molecular weight is 206 g/mol. The Labute approximate surface area is 90.8 Å². The van der Waals surface area contributed by atoms with Crippen molar-refractivity contribution in [3.8, 4) is 0 Å². The first kappa shape index (κ1) is 10.5. The molecule has 1 unspecified atom stereocenters. The molecule has 82 valence electrons. The molecule has 0 aromatic heterocycles. The first-order valence-corrected chi connectivity index (χ1v) is 5.43. The topological polar surface area (TPSA) is 38.5 Å². The molecule has 0 amide bonds.